The van der Waals surface area contributed by atoms with Crippen molar-refractivity contribution in [1.82, 2.24) is 9.21 Å². The van der Waals surface area contributed by atoms with Crippen molar-refractivity contribution in [2.45, 2.75) is 18.4 Å². The van der Waals surface area contributed by atoms with E-state index in [4.69, 9.17) is 14.2 Å². The molecule has 156 valence electrons. The molecule has 0 amide bonds. The molecule has 0 aromatic heterocycles. The van der Waals surface area contributed by atoms with Gasteiger partial charge < -0.3 is 14.2 Å². The number of nitrogens with zero attached hydrogens (tertiary/aromatic N) is 2. The zero-order chi connectivity index (χ0) is 20.3. The normalized spacial score (nSPS) is 17.8. The van der Waals surface area contributed by atoms with Gasteiger partial charge in [-0.2, -0.15) is 4.31 Å². The number of ether oxygens (including phenoxy) is 3. The fourth-order valence-corrected chi connectivity index (χ4v) is 5.07. The van der Waals surface area contributed by atoms with Gasteiger partial charge in [-0.15, -0.1) is 0 Å². The maximum atomic E-state index is 13.1. The van der Waals surface area contributed by atoms with Crippen LogP contribution in [0, 0.1) is 0 Å². The van der Waals surface area contributed by atoms with Crippen LogP contribution in [0.1, 0.15) is 12.5 Å². The van der Waals surface area contributed by atoms with Gasteiger partial charge in [0.2, 0.25) is 10.0 Å². The third-order valence-corrected chi connectivity index (χ3v) is 7.04. The van der Waals surface area contributed by atoms with Crippen LogP contribution in [0.15, 0.2) is 47.4 Å². The van der Waals surface area contributed by atoms with Crippen molar-refractivity contribution < 1.29 is 22.6 Å². The van der Waals surface area contributed by atoms with Crippen molar-refractivity contribution in [2.75, 3.05) is 46.0 Å². The molecule has 0 spiro atoms. The summed E-state index contributed by atoms with van der Waals surface area (Å²) in [6.45, 7) is 6.49. The van der Waals surface area contributed by atoms with Crippen LogP contribution in [0.25, 0.3) is 0 Å². The summed E-state index contributed by atoms with van der Waals surface area (Å²) in [5.41, 5.74) is 1.12. The van der Waals surface area contributed by atoms with Crippen LogP contribution in [0.4, 0.5) is 0 Å². The Kier molecular flexibility index (Phi) is 5.94. The molecule has 2 aliphatic rings. The number of hydrogen-bond donors (Lipinski definition) is 0. The molecule has 4 rings (SSSR count). The highest BCUT2D eigenvalue weighted by Crippen LogP contribution is 2.33. The third-order valence-electron chi connectivity index (χ3n) is 5.15. The minimum atomic E-state index is -3.56. The molecule has 0 radical (unpaired) electrons. The summed E-state index contributed by atoms with van der Waals surface area (Å²) in [6.07, 6.45) is 0. The molecule has 1 fully saturated rings. The van der Waals surface area contributed by atoms with E-state index in [0.717, 1.165) is 17.9 Å². The largest absolute Gasteiger partial charge is 0.494 e. The van der Waals surface area contributed by atoms with E-state index in [1.165, 1.54) is 0 Å². The number of fused-ring (bicyclic) bond motifs is 1. The second kappa shape index (κ2) is 8.61. The summed E-state index contributed by atoms with van der Waals surface area (Å²) in [5, 5.41) is 0. The van der Waals surface area contributed by atoms with Gasteiger partial charge in [0.25, 0.3) is 0 Å². The first kappa shape index (κ1) is 20.0. The molecule has 2 aliphatic heterocycles. The summed E-state index contributed by atoms with van der Waals surface area (Å²) in [5.74, 6) is 1.97. The lowest BCUT2D eigenvalue weighted by molar-refractivity contribution is 0.170. The van der Waals surface area contributed by atoms with Crippen molar-refractivity contribution in [2.24, 2.45) is 0 Å². The maximum Gasteiger partial charge on any atom is 0.243 e. The average Bonchev–Trinajstić information content (AvgIpc) is 2.75. The first-order valence-electron chi connectivity index (χ1n) is 9.91. The summed E-state index contributed by atoms with van der Waals surface area (Å²) >= 11 is 0. The van der Waals surface area contributed by atoms with Crippen molar-refractivity contribution >= 4 is 10.0 Å². The summed E-state index contributed by atoms with van der Waals surface area (Å²) in [4.78, 5) is 2.50. The van der Waals surface area contributed by atoms with Crippen molar-refractivity contribution in [3.05, 3.63) is 48.0 Å². The highest BCUT2D eigenvalue weighted by molar-refractivity contribution is 7.89. The van der Waals surface area contributed by atoms with Gasteiger partial charge in [0.05, 0.1) is 11.5 Å². The predicted molar refractivity (Wildman–Crippen MR) is 109 cm³/mol. The van der Waals surface area contributed by atoms with Crippen molar-refractivity contribution in [3.8, 4) is 17.2 Å². The van der Waals surface area contributed by atoms with Crippen LogP contribution < -0.4 is 14.2 Å². The van der Waals surface area contributed by atoms with Crippen LogP contribution in [-0.2, 0) is 16.6 Å². The van der Waals surface area contributed by atoms with Crippen LogP contribution in [0.2, 0.25) is 0 Å². The molecule has 0 saturated carbocycles. The second-order valence-electron chi connectivity index (χ2n) is 7.03. The van der Waals surface area contributed by atoms with Gasteiger partial charge in [-0.05, 0) is 25.1 Å². The Balaban J connectivity index is 1.41. The van der Waals surface area contributed by atoms with Crippen LogP contribution in [0.5, 0.6) is 17.2 Å². The van der Waals surface area contributed by atoms with E-state index in [2.05, 4.69) is 11.0 Å². The maximum absolute atomic E-state index is 13.1. The summed E-state index contributed by atoms with van der Waals surface area (Å²) in [7, 11) is -3.56. The van der Waals surface area contributed by atoms with E-state index in [-0.39, 0.29) is 4.90 Å². The van der Waals surface area contributed by atoms with E-state index >= 15 is 0 Å². The molecule has 0 bridgehead atoms. The zero-order valence-electron chi connectivity index (χ0n) is 16.5. The molecule has 2 aromatic rings. The molecular formula is C21H26N2O5S. The number of benzene rings is 2. The number of rotatable bonds is 6. The van der Waals surface area contributed by atoms with Gasteiger partial charge in [-0.25, -0.2) is 8.42 Å². The fourth-order valence-electron chi connectivity index (χ4n) is 3.63. The van der Waals surface area contributed by atoms with Gasteiger partial charge in [0.15, 0.2) is 11.5 Å². The Hall–Kier alpha value is -2.29. The van der Waals surface area contributed by atoms with Crippen LogP contribution in [0.3, 0.4) is 0 Å². The first-order chi connectivity index (χ1) is 14.1. The zero-order valence-corrected chi connectivity index (χ0v) is 17.4. The standard InChI is InChI=1S/C21H26N2O5S/c1-2-26-19-6-4-3-5-17(19)16-22-9-11-23(12-10-22)29(24,25)18-7-8-20-21(15-18)28-14-13-27-20/h3-8,15H,2,9-14,16H2,1H3. The van der Waals surface area contributed by atoms with E-state index in [9.17, 15) is 8.42 Å². The smallest absolute Gasteiger partial charge is 0.243 e. The highest BCUT2D eigenvalue weighted by Gasteiger charge is 2.30. The van der Waals surface area contributed by atoms with E-state index < -0.39 is 10.0 Å². The number of hydrogen-bond acceptors (Lipinski definition) is 6. The Morgan fingerprint density at radius 1 is 0.966 bits per heavy atom. The molecule has 1 saturated heterocycles. The van der Waals surface area contributed by atoms with E-state index in [1.807, 2.05) is 25.1 Å². The Morgan fingerprint density at radius 2 is 1.69 bits per heavy atom. The Morgan fingerprint density at radius 3 is 2.45 bits per heavy atom. The quantitative estimate of drug-likeness (QED) is 0.718. The van der Waals surface area contributed by atoms with Crippen LogP contribution >= 0.6 is 0 Å². The Bertz CT molecular complexity index is 955. The predicted octanol–water partition coefficient (Wildman–Crippen LogP) is 2.36. The Labute approximate surface area is 171 Å². The van der Waals surface area contributed by atoms with E-state index in [1.54, 1.807) is 22.5 Å². The lowest BCUT2D eigenvalue weighted by atomic mass is 10.2. The summed E-state index contributed by atoms with van der Waals surface area (Å²) in [6, 6.07) is 12.8. The van der Waals surface area contributed by atoms with Crippen molar-refractivity contribution in [1.29, 1.82) is 0 Å². The number of piperazine rings is 1. The number of para-hydroxylation sites is 1. The lowest BCUT2D eigenvalue weighted by Crippen LogP contribution is -2.48. The molecule has 7 nitrogen and oxygen atoms in total. The fraction of sp³-hybridized carbons (Fsp3) is 0.429. The third kappa shape index (κ3) is 4.34. The number of sulfonamides is 1. The molecule has 0 N–H and O–H groups in total. The second-order valence-corrected chi connectivity index (χ2v) is 8.96. The van der Waals surface area contributed by atoms with E-state index in [0.29, 0.717) is 57.5 Å². The molecule has 0 atom stereocenters. The van der Waals surface area contributed by atoms with Gasteiger partial charge in [0.1, 0.15) is 19.0 Å². The van der Waals surface area contributed by atoms with Gasteiger partial charge in [-0.1, -0.05) is 18.2 Å². The first-order valence-corrected chi connectivity index (χ1v) is 11.3. The topological polar surface area (TPSA) is 68.3 Å². The molecular weight excluding hydrogens is 392 g/mol. The van der Waals surface area contributed by atoms with Crippen molar-refractivity contribution in [3.63, 3.8) is 0 Å². The molecule has 2 aromatic carbocycles. The molecule has 0 aliphatic carbocycles. The SMILES string of the molecule is CCOc1ccccc1CN1CCN(S(=O)(=O)c2ccc3c(c2)OCCO3)CC1. The molecule has 8 heteroatoms. The molecule has 2 heterocycles. The molecule has 29 heavy (non-hydrogen) atoms. The lowest BCUT2D eigenvalue weighted by Gasteiger charge is -2.34. The monoisotopic (exact) mass is 418 g/mol. The summed E-state index contributed by atoms with van der Waals surface area (Å²) < 4.78 is 44.4. The minimum absolute atomic E-state index is 0.247. The van der Waals surface area contributed by atoms with Gasteiger partial charge in [0, 0.05) is 44.4 Å². The average molecular weight is 419 g/mol. The molecule has 0 unspecified atom stereocenters. The highest BCUT2D eigenvalue weighted by atomic mass is 32.2. The van der Waals surface area contributed by atoms with Gasteiger partial charge >= 0.3 is 0 Å². The van der Waals surface area contributed by atoms with Crippen LogP contribution in [-0.4, -0.2) is 63.6 Å². The van der Waals surface area contributed by atoms with Gasteiger partial charge in [-0.3, -0.25) is 4.90 Å². The minimum Gasteiger partial charge on any atom is -0.494 e.